The number of allylic oxidation sites excluding steroid dienone is 2. The number of hydrogen-bond donors (Lipinski definition) is 1. The highest BCUT2D eigenvalue weighted by Crippen LogP contribution is 2.03. The number of carbonyl (C=O) groups is 2. The van der Waals surface area contributed by atoms with Crippen LogP contribution in [0.1, 0.15) is 6.92 Å². The summed E-state index contributed by atoms with van der Waals surface area (Å²) in [6.07, 6.45) is 4.23. The maximum Gasteiger partial charge on any atom is 0.345 e. The SMILES string of the molecule is CCOC(=O)C(=CC=CN(C)C)C(=O)OCCS(=O)(=O)O. The maximum atomic E-state index is 11.7. The van der Waals surface area contributed by atoms with Crippen LogP contribution >= 0.6 is 0 Å². The smallest absolute Gasteiger partial charge is 0.345 e. The van der Waals surface area contributed by atoms with Gasteiger partial charge in [-0.05, 0) is 25.3 Å². The van der Waals surface area contributed by atoms with Crippen LogP contribution in [0.15, 0.2) is 23.9 Å². The van der Waals surface area contributed by atoms with E-state index in [1.807, 2.05) is 0 Å². The fourth-order valence-electron chi connectivity index (χ4n) is 1.06. The first-order valence-electron chi connectivity index (χ1n) is 6.01. The zero-order valence-corrected chi connectivity index (χ0v) is 12.9. The van der Waals surface area contributed by atoms with E-state index < -0.39 is 34.4 Å². The monoisotopic (exact) mass is 321 g/mol. The summed E-state index contributed by atoms with van der Waals surface area (Å²) in [5.74, 6) is -2.65. The van der Waals surface area contributed by atoms with Gasteiger partial charge in [-0.2, -0.15) is 8.42 Å². The van der Waals surface area contributed by atoms with Crippen molar-refractivity contribution in [1.29, 1.82) is 0 Å². The molecule has 9 heteroatoms. The summed E-state index contributed by atoms with van der Waals surface area (Å²) in [5.41, 5.74) is -0.370. The fraction of sp³-hybridized carbons (Fsp3) is 0.500. The van der Waals surface area contributed by atoms with Gasteiger partial charge in [-0.3, -0.25) is 4.55 Å². The van der Waals surface area contributed by atoms with Crippen LogP contribution in [0, 0.1) is 0 Å². The van der Waals surface area contributed by atoms with Crippen LogP contribution in [0.5, 0.6) is 0 Å². The van der Waals surface area contributed by atoms with Crippen molar-refractivity contribution in [1.82, 2.24) is 4.90 Å². The van der Waals surface area contributed by atoms with Crippen molar-refractivity contribution >= 4 is 22.1 Å². The molecule has 120 valence electrons. The Bertz CT molecular complexity index is 520. The van der Waals surface area contributed by atoms with Gasteiger partial charge in [0.05, 0.1) is 6.61 Å². The van der Waals surface area contributed by atoms with Gasteiger partial charge in [0.25, 0.3) is 10.1 Å². The molecule has 0 unspecified atom stereocenters. The molecule has 0 aliphatic heterocycles. The molecule has 0 aromatic rings. The summed E-state index contributed by atoms with van der Waals surface area (Å²) in [7, 11) is -0.740. The summed E-state index contributed by atoms with van der Waals surface area (Å²) in [4.78, 5) is 25.0. The molecule has 0 bridgehead atoms. The Balaban J connectivity index is 4.87. The van der Waals surface area contributed by atoms with E-state index in [1.54, 1.807) is 32.1 Å². The summed E-state index contributed by atoms with van der Waals surface area (Å²) in [5, 5.41) is 0. The maximum absolute atomic E-state index is 11.7. The van der Waals surface area contributed by atoms with Crippen molar-refractivity contribution < 1.29 is 32.0 Å². The van der Waals surface area contributed by atoms with Crippen LogP contribution in [-0.2, 0) is 29.2 Å². The summed E-state index contributed by atoms with van der Waals surface area (Å²) < 4.78 is 38.9. The third kappa shape index (κ3) is 9.63. The Labute approximate surface area is 123 Å². The van der Waals surface area contributed by atoms with Crippen LogP contribution in [0.25, 0.3) is 0 Å². The van der Waals surface area contributed by atoms with Crippen LogP contribution in [-0.4, -0.2) is 62.9 Å². The average molecular weight is 321 g/mol. The van der Waals surface area contributed by atoms with Gasteiger partial charge in [0.15, 0.2) is 0 Å². The van der Waals surface area contributed by atoms with Gasteiger partial charge >= 0.3 is 11.9 Å². The molecule has 1 N–H and O–H groups in total. The topological polar surface area (TPSA) is 110 Å². The normalized spacial score (nSPS) is 12.3. The highest BCUT2D eigenvalue weighted by atomic mass is 32.2. The molecule has 0 aliphatic rings. The molecule has 0 atom stereocenters. The molecule has 0 aliphatic carbocycles. The van der Waals surface area contributed by atoms with Crippen LogP contribution < -0.4 is 0 Å². The minimum Gasteiger partial charge on any atom is -0.462 e. The molecular formula is C12H19NO7S. The second kappa shape index (κ2) is 9.14. The molecule has 8 nitrogen and oxygen atoms in total. The van der Waals surface area contributed by atoms with Gasteiger partial charge in [-0.15, -0.1) is 0 Å². The van der Waals surface area contributed by atoms with E-state index in [0.29, 0.717) is 0 Å². The quantitative estimate of drug-likeness (QED) is 0.166. The standard InChI is InChI=1S/C12H19NO7S/c1-4-19-11(14)10(6-5-7-13(2)3)12(15)20-8-9-21(16,17)18/h5-7H,4,8-9H2,1-3H3,(H,16,17,18). The Morgan fingerprint density at radius 3 is 2.24 bits per heavy atom. The zero-order chi connectivity index (χ0) is 16.5. The third-order valence-corrected chi connectivity index (χ3v) is 2.62. The van der Waals surface area contributed by atoms with Gasteiger partial charge in [-0.25, -0.2) is 9.59 Å². The minimum absolute atomic E-state index is 0.0753. The molecule has 0 amide bonds. The van der Waals surface area contributed by atoms with Crippen molar-refractivity contribution in [2.75, 3.05) is 33.1 Å². The van der Waals surface area contributed by atoms with Crippen molar-refractivity contribution in [2.45, 2.75) is 6.92 Å². The van der Waals surface area contributed by atoms with Gasteiger partial charge in [0.1, 0.15) is 17.9 Å². The molecule has 0 saturated heterocycles. The summed E-state index contributed by atoms with van der Waals surface area (Å²) in [6.45, 7) is 1.09. The number of rotatable bonds is 8. The first kappa shape index (κ1) is 19.1. The Morgan fingerprint density at radius 2 is 1.76 bits per heavy atom. The Kier molecular flexibility index (Phi) is 8.32. The third-order valence-electron chi connectivity index (χ3n) is 1.94. The number of ether oxygens (including phenoxy) is 2. The number of hydrogen-bond acceptors (Lipinski definition) is 7. The van der Waals surface area contributed by atoms with Gasteiger partial charge in [0, 0.05) is 14.1 Å². The molecule has 0 heterocycles. The van der Waals surface area contributed by atoms with Crippen molar-refractivity contribution in [2.24, 2.45) is 0 Å². The Morgan fingerprint density at radius 1 is 1.19 bits per heavy atom. The molecule has 0 rings (SSSR count). The van der Waals surface area contributed by atoms with E-state index >= 15 is 0 Å². The van der Waals surface area contributed by atoms with Crippen molar-refractivity contribution in [3.05, 3.63) is 23.9 Å². The molecule has 0 aromatic heterocycles. The number of esters is 2. The predicted molar refractivity (Wildman–Crippen MR) is 74.9 cm³/mol. The first-order chi connectivity index (χ1) is 9.67. The molecule has 21 heavy (non-hydrogen) atoms. The largest absolute Gasteiger partial charge is 0.462 e. The molecule has 0 spiro atoms. The van der Waals surface area contributed by atoms with E-state index in [1.165, 1.54) is 12.2 Å². The highest BCUT2D eigenvalue weighted by molar-refractivity contribution is 7.85. The lowest BCUT2D eigenvalue weighted by Gasteiger charge is -2.07. The van der Waals surface area contributed by atoms with Gasteiger partial charge in [0.2, 0.25) is 0 Å². The molecule has 0 fully saturated rings. The van der Waals surface area contributed by atoms with E-state index in [4.69, 9.17) is 9.29 Å². The van der Waals surface area contributed by atoms with E-state index in [-0.39, 0.29) is 12.2 Å². The predicted octanol–water partition coefficient (Wildman–Crippen LogP) is -0.0178. The number of carbonyl (C=O) groups excluding carboxylic acids is 2. The van der Waals surface area contributed by atoms with Gasteiger partial charge < -0.3 is 14.4 Å². The highest BCUT2D eigenvalue weighted by Gasteiger charge is 2.21. The molecule has 0 radical (unpaired) electrons. The lowest BCUT2D eigenvalue weighted by molar-refractivity contribution is -0.146. The van der Waals surface area contributed by atoms with E-state index in [0.717, 1.165) is 0 Å². The summed E-state index contributed by atoms with van der Waals surface area (Å²) >= 11 is 0. The number of nitrogens with zero attached hydrogens (tertiary/aromatic N) is 1. The second-order valence-corrected chi connectivity index (χ2v) is 5.60. The minimum atomic E-state index is -4.24. The first-order valence-corrected chi connectivity index (χ1v) is 7.62. The van der Waals surface area contributed by atoms with Crippen LogP contribution in [0.4, 0.5) is 0 Å². The Hall–Kier alpha value is -1.87. The van der Waals surface area contributed by atoms with E-state index in [2.05, 4.69) is 4.74 Å². The van der Waals surface area contributed by atoms with Gasteiger partial charge in [-0.1, -0.05) is 0 Å². The summed E-state index contributed by atoms with van der Waals surface area (Å²) in [6, 6.07) is 0. The van der Waals surface area contributed by atoms with E-state index in [9.17, 15) is 18.0 Å². The molecule has 0 aromatic carbocycles. The average Bonchev–Trinajstić information content (AvgIpc) is 2.32. The lowest BCUT2D eigenvalue weighted by atomic mass is 10.2. The lowest BCUT2D eigenvalue weighted by Crippen LogP contribution is -2.21. The molecular weight excluding hydrogens is 302 g/mol. The van der Waals surface area contributed by atoms with Crippen molar-refractivity contribution in [3.63, 3.8) is 0 Å². The second-order valence-electron chi connectivity index (χ2n) is 4.03. The fourth-order valence-corrected chi connectivity index (χ4v) is 1.35. The molecule has 0 saturated carbocycles. The van der Waals surface area contributed by atoms with Crippen LogP contribution in [0.3, 0.4) is 0 Å². The van der Waals surface area contributed by atoms with Crippen LogP contribution in [0.2, 0.25) is 0 Å². The van der Waals surface area contributed by atoms with Crippen molar-refractivity contribution in [3.8, 4) is 0 Å². The zero-order valence-electron chi connectivity index (χ0n) is 12.1.